The fourth-order valence-corrected chi connectivity index (χ4v) is 3.22. The van der Waals surface area contributed by atoms with E-state index in [0.29, 0.717) is 5.91 Å². The number of nitrogens with zero attached hydrogens (tertiary/aromatic N) is 2. The van der Waals surface area contributed by atoms with E-state index in [1.165, 1.54) is 10.6 Å². The molecule has 0 saturated carbocycles. The molecular formula is C13H20N2OS. The molecule has 1 aromatic heterocycles. The van der Waals surface area contributed by atoms with E-state index in [9.17, 15) is 4.79 Å². The molecule has 1 aliphatic rings. The zero-order chi connectivity index (χ0) is 12.3. The van der Waals surface area contributed by atoms with Gasteiger partial charge in [-0.2, -0.15) is 0 Å². The van der Waals surface area contributed by atoms with Crippen LogP contribution in [0.25, 0.3) is 0 Å². The van der Waals surface area contributed by atoms with Crippen molar-refractivity contribution in [1.82, 2.24) is 9.88 Å². The third-order valence-corrected chi connectivity index (χ3v) is 4.36. The number of thiazole rings is 1. The van der Waals surface area contributed by atoms with Crippen molar-refractivity contribution in [2.24, 2.45) is 5.92 Å². The number of carbonyl (C=O) groups is 1. The van der Waals surface area contributed by atoms with Gasteiger partial charge in [0, 0.05) is 24.4 Å². The number of unbranched alkanes of at least 4 members (excludes halogenated alkanes) is 1. The zero-order valence-corrected chi connectivity index (χ0v) is 11.4. The van der Waals surface area contributed by atoms with E-state index in [4.69, 9.17) is 0 Å². The highest BCUT2D eigenvalue weighted by atomic mass is 32.1. The average molecular weight is 252 g/mol. The van der Waals surface area contributed by atoms with Gasteiger partial charge in [-0.3, -0.25) is 4.79 Å². The Morgan fingerprint density at radius 1 is 1.65 bits per heavy atom. The maximum atomic E-state index is 12.2. The van der Waals surface area contributed by atoms with E-state index in [1.807, 2.05) is 17.5 Å². The molecule has 1 atom stereocenters. The van der Waals surface area contributed by atoms with Crippen LogP contribution >= 0.6 is 11.3 Å². The lowest BCUT2D eigenvalue weighted by atomic mass is 9.90. The van der Waals surface area contributed by atoms with Gasteiger partial charge in [0.15, 0.2) is 0 Å². The van der Waals surface area contributed by atoms with Gasteiger partial charge in [0.05, 0.1) is 11.2 Å². The van der Waals surface area contributed by atoms with Gasteiger partial charge in [0.25, 0.3) is 0 Å². The Morgan fingerprint density at radius 3 is 3.24 bits per heavy atom. The van der Waals surface area contributed by atoms with Crippen molar-refractivity contribution in [2.75, 3.05) is 13.6 Å². The van der Waals surface area contributed by atoms with E-state index in [1.54, 1.807) is 11.3 Å². The number of hydrogen-bond acceptors (Lipinski definition) is 3. The molecule has 3 nitrogen and oxygen atoms in total. The molecule has 1 heterocycles. The molecule has 4 heteroatoms. The summed E-state index contributed by atoms with van der Waals surface area (Å²) < 4.78 is 0. The molecule has 0 aliphatic heterocycles. The highest BCUT2D eigenvalue weighted by molar-refractivity contribution is 7.09. The van der Waals surface area contributed by atoms with Crippen LogP contribution in [0.5, 0.6) is 0 Å². The van der Waals surface area contributed by atoms with E-state index in [2.05, 4.69) is 11.9 Å². The second-order valence-corrected chi connectivity index (χ2v) is 5.71. The van der Waals surface area contributed by atoms with Crippen LogP contribution in [0.3, 0.4) is 0 Å². The lowest BCUT2D eigenvalue weighted by Gasteiger charge is -2.26. The summed E-state index contributed by atoms with van der Waals surface area (Å²) in [5.41, 5.74) is 3.12. The van der Waals surface area contributed by atoms with Gasteiger partial charge in [-0.25, -0.2) is 4.98 Å². The molecule has 0 fully saturated rings. The van der Waals surface area contributed by atoms with Crippen LogP contribution in [-0.2, 0) is 17.6 Å². The number of aryl methyl sites for hydroxylation is 1. The van der Waals surface area contributed by atoms with Crippen molar-refractivity contribution in [3.63, 3.8) is 0 Å². The zero-order valence-electron chi connectivity index (χ0n) is 10.6. The molecule has 0 radical (unpaired) electrons. The van der Waals surface area contributed by atoms with E-state index in [-0.39, 0.29) is 5.92 Å². The van der Waals surface area contributed by atoms with Crippen LogP contribution in [0, 0.1) is 5.92 Å². The van der Waals surface area contributed by atoms with Crippen LogP contribution in [0.1, 0.15) is 36.8 Å². The van der Waals surface area contributed by atoms with Gasteiger partial charge in [-0.15, -0.1) is 11.3 Å². The fraction of sp³-hybridized carbons (Fsp3) is 0.692. The highest BCUT2D eigenvalue weighted by Crippen LogP contribution is 2.28. The van der Waals surface area contributed by atoms with Crippen LogP contribution in [0.15, 0.2) is 5.51 Å². The monoisotopic (exact) mass is 252 g/mol. The molecule has 1 aliphatic carbocycles. The van der Waals surface area contributed by atoms with E-state index in [0.717, 1.165) is 38.6 Å². The summed E-state index contributed by atoms with van der Waals surface area (Å²) in [6, 6.07) is 0. The lowest BCUT2D eigenvalue weighted by molar-refractivity contribution is -0.134. The van der Waals surface area contributed by atoms with Crippen LogP contribution in [0.4, 0.5) is 0 Å². The van der Waals surface area contributed by atoms with Crippen molar-refractivity contribution in [3.05, 3.63) is 16.1 Å². The topological polar surface area (TPSA) is 33.2 Å². The summed E-state index contributed by atoms with van der Waals surface area (Å²) in [6.07, 6.45) is 5.07. The van der Waals surface area contributed by atoms with Gasteiger partial charge in [-0.05, 0) is 25.7 Å². The third-order valence-electron chi connectivity index (χ3n) is 3.46. The minimum absolute atomic E-state index is 0.185. The molecular weight excluding hydrogens is 232 g/mol. The number of carbonyl (C=O) groups excluding carboxylic acids is 1. The average Bonchev–Trinajstić information content (AvgIpc) is 2.81. The number of rotatable bonds is 4. The minimum Gasteiger partial charge on any atom is -0.346 e. The van der Waals surface area contributed by atoms with Gasteiger partial charge in [-0.1, -0.05) is 13.3 Å². The predicted molar refractivity (Wildman–Crippen MR) is 70.2 cm³/mol. The van der Waals surface area contributed by atoms with Crippen molar-refractivity contribution in [1.29, 1.82) is 0 Å². The van der Waals surface area contributed by atoms with Crippen LogP contribution < -0.4 is 0 Å². The quantitative estimate of drug-likeness (QED) is 0.825. The number of amides is 1. The number of aromatic nitrogens is 1. The Hall–Kier alpha value is -0.900. The van der Waals surface area contributed by atoms with E-state index >= 15 is 0 Å². The van der Waals surface area contributed by atoms with Gasteiger partial charge in [0.2, 0.25) is 5.91 Å². The molecule has 1 unspecified atom stereocenters. The molecule has 0 aromatic carbocycles. The van der Waals surface area contributed by atoms with Gasteiger partial charge < -0.3 is 4.90 Å². The second-order valence-electron chi connectivity index (χ2n) is 4.78. The third kappa shape index (κ3) is 2.86. The Morgan fingerprint density at radius 2 is 2.47 bits per heavy atom. The summed E-state index contributed by atoms with van der Waals surface area (Å²) in [5.74, 6) is 0.502. The fourth-order valence-electron chi connectivity index (χ4n) is 2.33. The molecule has 0 spiro atoms. The van der Waals surface area contributed by atoms with Gasteiger partial charge >= 0.3 is 0 Å². The lowest BCUT2D eigenvalue weighted by Crippen LogP contribution is -2.36. The van der Waals surface area contributed by atoms with Crippen molar-refractivity contribution in [2.45, 2.75) is 39.0 Å². The molecule has 0 saturated heterocycles. The largest absolute Gasteiger partial charge is 0.346 e. The summed E-state index contributed by atoms with van der Waals surface area (Å²) in [6.45, 7) is 3.05. The van der Waals surface area contributed by atoms with Crippen molar-refractivity contribution < 1.29 is 4.79 Å². The molecule has 17 heavy (non-hydrogen) atoms. The maximum absolute atomic E-state index is 12.2. The van der Waals surface area contributed by atoms with Crippen LogP contribution in [0.2, 0.25) is 0 Å². The normalized spacial score (nSPS) is 18.8. The second kappa shape index (κ2) is 5.63. The molecule has 0 bridgehead atoms. The smallest absolute Gasteiger partial charge is 0.225 e. The molecule has 2 rings (SSSR count). The predicted octanol–water partition coefficient (Wildman–Crippen LogP) is 2.51. The van der Waals surface area contributed by atoms with Crippen molar-refractivity contribution >= 4 is 17.2 Å². The maximum Gasteiger partial charge on any atom is 0.225 e. The highest BCUT2D eigenvalue weighted by Gasteiger charge is 2.27. The molecule has 1 aromatic rings. The number of hydrogen-bond donors (Lipinski definition) is 0. The van der Waals surface area contributed by atoms with E-state index < -0.39 is 0 Å². The first-order valence-corrected chi connectivity index (χ1v) is 7.26. The Kier molecular flexibility index (Phi) is 4.15. The first-order chi connectivity index (χ1) is 8.22. The summed E-state index contributed by atoms with van der Waals surface area (Å²) >= 11 is 1.69. The summed E-state index contributed by atoms with van der Waals surface area (Å²) in [4.78, 5) is 19.8. The Balaban J connectivity index is 1.93. The minimum atomic E-state index is 0.185. The SMILES string of the molecule is CCCCN(C)C(=O)C1CCc2ncsc2C1. The Bertz CT molecular complexity index is 389. The van der Waals surface area contributed by atoms with Crippen molar-refractivity contribution in [3.8, 4) is 0 Å². The summed E-state index contributed by atoms with van der Waals surface area (Å²) in [7, 11) is 1.93. The molecule has 94 valence electrons. The first-order valence-electron chi connectivity index (χ1n) is 6.38. The standard InChI is InChI=1S/C13H20N2OS/c1-3-4-7-15(2)13(16)10-5-6-11-12(8-10)17-9-14-11/h9-10H,3-8H2,1-2H3. The first kappa shape index (κ1) is 12.6. The number of fused-ring (bicyclic) bond motifs is 1. The van der Waals surface area contributed by atoms with Gasteiger partial charge in [0.1, 0.15) is 0 Å². The molecule has 0 N–H and O–H groups in total. The Labute approximate surface area is 107 Å². The molecule has 1 amide bonds. The summed E-state index contributed by atoms with van der Waals surface area (Å²) in [5, 5.41) is 0. The van der Waals surface area contributed by atoms with Crippen LogP contribution in [-0.4, -0.2) is 29.4 Å².